The fourth-order valence-corrected chi connectivity index (χ4v) is 2.27. The maximum atomic E-state index is 11.0. The van der Waals surface area contributed by atoms with Crippen LogP contribution in [0.5, 0.6) is 5.75 Å². The van der Waals surface area contributed by atoms with Gasteiger partial charge in [0, 0.05) is 0 Å². The van der Waals surface area contributed by atoms with Crippen LogP contribution in [0, 0.1) is 0 Å². The van der Waals surface area contributed by atoms with Gasteiger partial charge in [-0.2, -0.15) is 0 Å². The minimum Gasteiger partial charge on any atom is -0.493 e. The molecule has 0 saturated heterocycles. The lowest BCUT2D eigenvalue weighted by Crippen LogP contribution is -2.13. The molecule has 98 valence electrons. The Hall–Kier alpha value is -1.55. The van der Waals surface area contributed by atoms with Crippen LogP contribution in [-0.2, 0) is 16.0 Å². The molecule has 0 aromatic heterocycles. The number of hydrogen-bond acceptors (Lipinski definition) is 4. The second-order valence-corrected chi connectivity index (χ2v) is 4.41. The van der Waals surface area contributed by atoms with Crippen LogP contribution in [-0.4, -0.2) is 24.8 Å². The molecule has 1 aliphatic carbocycles. The molecule has 1 atom stereocenters. The molecule has 1 aromatic rings. The van der Waals surface area contributed by atoms with E-state index in [-0.39, 0.29) is 12.4 Å². The highest BCUT2D eigenvalue weighted by Crippen LogP contribution is 2.35. The fraction of sp³-hybridized carbons (Fsp3) is 0.500. The van der Waals surface area contributed by atoms with Crippen LogP contribution in [0.3, 0.4) is 0 Å². The van der Waals surface area contributed by atoms with Crippen molar-refractivity contribution in [3.8, 4) is 5.75 Å². The normalized spacial score (nSPS) is 18.0. The summed E-state index contributed by atoms with van der Waals surface area (Å²) in [4.78, 5) is 11.0. The Bertz CT molecular complexity index is 428. The summed E-state index contributed by atoms with van der Waals surface area (Å²) in [5.74, 6) is 0.495. The van der Waals surface area contributed by atoms with E-state index in [1.807, 2.05) is 18.2 Å². The molecule has 1 aliphatic rings. The van der Waals surface area contributed by atoms with Gasteiger partial charge in [0.15, 0.2) is 0 Å². The van der Waals surface area contributed by atoms with E-state index in [0.717, 1.165) is 36.1 Å². The number of rotatable bonds is 4. The molecule has 0 radical (unpaired) electrons. The lowest BCUT2D eigenvalue weighted by atomic mass is 9.89. The summed E-state index contributed by atoms with van der Waals surface area (Å²) < 4.78 is 10.2. The molecule has 0 fully saturated rings. The summed E-state index contributed by atoms with van der Waals surface area (Å²) in [7, 11) is 1.36. The fourth-order valence-electron chi connectivity index (χ4n) is 2.27. The first-order valence-electron chi connectivity index (χ1n) is 6.22. The van der Waals surface area contributed by atoms with E-state index in [1.165, 1.54) is 7.11 Å². The largest absolute Gasteiger partial charge is 0.493 e. The quantitative estimate of drug-likeness (QED) is 0.830. The van der Waals surface area contributed by atoms with E-state index in [2.05, 4.69) is 4.74 Å². The van der Waals surface area contributed by atoms with E-state index in [4.69, 9.17) is 4.74 Å². The maximum absolute atomic E-state index is 11.0. The number of aliphatic hydroxyl groups is 1. The van der Waals surface area contributed by atoms with Crippen molar-refractivity contribution in [1.29, 1.82) is 0 Å². The number of carbonyl (C=O) groups excluding carboxylic acids is 1. The van der Waals surface area contributed by atoms with Crippen molar-refractivity contribution in [1.82, 2.24) is 0 Å². The molecule has 1 unspecified atom stereocenters. The predicted octanol–water partition coefficient (Wildman–Crippen LogP) is 2.00. The van der Waals surface area contributed by atoms with Gasteiger partial charge in [-0.15, -0.1) is 0 Å². The molecule has 0 aliphatic heterocycles. The molecule has 2 rings (SSSR count). The van der Waals surface area contributed by atoms with Crippen LogP contribution in [0.25, 0.3) is 0 Å². The van der Waals surface area contributed by atoms with Gasteiger partial charge >= 0.3 is 5.97 Å². The Morgan fingerprint density at radius 2 is 2.33 bits per heavy atom. The summed E-state index contributed by atoms with van der Waals surface area (Å²) in [5.41, 5.74) is 2.03. The van der Waals surface area contributed by atoms with Crippen molar-refractivity contribution >= 4 is 5.97 Å². The Morgan fingerprint density at radius 3 is 3.11 bits per heavy atom. The Morgan fingerprint density at radius 1 is 1.50 bits per heavy atom. The summed E-state index contributed by atoms with van der Waals surface area (Å²) in [5, 5.41) is 9.91. The van der Waals surface area contributed by atoms with Crippen molar-refractivity contribution in [2.45, 2.75) is 31.8 Å². The number of benzene rings is 1. The van der Waals surface area contributed by atoms with Gasteiger partial charge in [-0.3, -0.25) is 4.79 Å². The minimum atomic E-state index is -0.391. The number of ether oxygens (including phenoxy) is 2. The van der Waals surface area contributed by atoms with Crippen molar-refractivity contribution < 1.29 is 19.4 Å². The predicted molar refractivity (Wildman–Crippen MR) is 66.5 cm³/mol. The molecular weight excluding hydrogens is 232 g/mol. The van der Waals surface area contributed by atoms with Crippen LogP contribution < -0.4 is 4.74 Å². The molecule has 18 heavy (non-hydrogen) atoms. The van der Waals surface area contributed by atoms with E-state index >= 15 is 0 Å². The van der Waals surface area contributed by atoms with E-state index < -0.39 is 6.10 Å². The third-order valence-corrected chi connectivity index (χ3v) is 3.22. The second-order valence-electron chi connectivity index (χ2n) is 4.41. The number of methoxy groups -OCH3 is 1. The van der Waals surface area contributed by atoms with E-state index in [0.29, 0.717) is 6.61 Å². The Labute approximate surface area is 107 Å². The molecule has 0 bridgehead atoms. The zero-order valence-electron chi connectivity index (χ0n) is 10.5. The van der Waals surface area contributed by atoms with Gasteiger partial charge in [0.25, 0.3) is 0 Å². The molecule has 0 spiro atoms. The number of fused-ring (bicyclic) bond motifs is 1. The van der Waals surface area contributed by atoms with Gasteiger partial charge in [-0.1, -0.05) is 12.1 Å². The zero-order chi connectivity index (χ0) is 13.0. The van der Waals surface area contributed by atoms with Crippen molar-refractivity contribution in [2.24, 2.45) is 0 Å². The van der Waals surface area contributed by atoms with Crippen LogP contribution in [0.15, 0.2) is 18.2 Å². The van der Waals surface area contributed by atoms with Gasteiger partial charge in [0.2, 0.25) is 0 Å². The molecular formula is C14H18O4. The molecule has 4 nitrogen and oxygen atoms in total. The lowest BCUT2D eigenvalue weighted by molar-refractivity contribution is -0.141. The van der Waals surface area contributed by atoms with Crippen molar-refractivity contribution in [2.75, 3.05) is 13.7 Å². The number of hydrogen-bond donors (Lipinski definition) is 1. The highest BCUT2D eigenvalue weighted by atomic mass is 16.5. The Kier molecular flexibility index (Phi) is 4.20. The summed E-state index contributed by atoms with van der Waals surface area (Å²) in [6.45, 7) is 0.305. The average Bonchev–Trinajstić information content (AvgIpc) is 2.39. The molecule has 1 N–H and O–H groups in total. The summed E-state index contributed by atoms with van der Waals surface area (Å²) in [6, 6.07) is 5.70. The molecule has 1 aromatic carbocycles. The van der Waals surface area contributed by atoms with Crippen molar-refractivity contribution in [3.05, 3.63) is 29.3 Å². The first kappa shape index (κ1) is 12.9. The van der Waals surface area contributed by atoms with E-state index in [1.54, 1.807) is 0 Å². The SMILES string of the molecule is COC(=O)CCOc1cccc2c1CCCC2O. The summed E-state index contributed by atoms with van der Waals surface area (Å²) in [6.07, 6.45) is 2.53. The van der Waals surface area contributed by atoms with Crippen LogP contribution in [0.1, 0.15) is 36.5 Å². The molecule has 0 heterocycles. The standard InChI is InChI=1S/C14H18O4/c1-17-14(16)8-9-18-13-7-3-4-10-11(13)5-2-6-12(10)15/h3-4,7,12,15H,2,5-6,8-9H2,1H3. The van der Waals surface area contributed by atoms with Crippen LogP contribution in [0.2, 0.25) is 0 Å². The minimum absolute atomic E-state index is 0.239. The molecule has 0 saturated carbocycles. The Balaban J connectivity index is 2.05. The maximum Gasteiger partial charge on any atom is 0.308 e. The van der Waals surface area contributed by atoms with Gasteiger partial charge in [-0.25, -0.2) is 0 Å². The lowest BCUT2D eigenvalue weighted by Gasteiger charge is -2.23. The van der Waals surface area contributed by atoms with Crippen LogP contribution >= 0.6 is 0 Å². The third kappa shape index (κ3) is 2.82. The number of aliphatic hydroxyl groups excluding tert-OH is 1. The van der Waals surface area contributed by atoms with Gasteiger partial charge in [-0.05, 0) is 36.5 Å². The van der Waals surface area contributed by atoms with E-state index in [9.17, 15) is 9.90 Å². The zero-order valence-corrected chi connectivity index (χ0v) is 10.5. The van der Waals surface area contributed by atoms with Gasteiger partial charge < -0.3 is 14.6 Å². The summed E-state index contributed by atoms with van der Waals surface area (Å²) >= 11 is 0. The highest BCUT2D eigenvalue weighted by Gasteiger charge is 2.20. The topological polar surface area (TPSA) is 55.8 Å². The third-order valence-electron chi connectivity index (χ3n) is 3.22. The molecule has 4 heteroatoms. The number of esters is 1. The van der Waals surface area contributed by atoms with Gasteiger partial charge in [0.1, 0.15) is 5.75 Å². The number of carbonyl (C=O) groups is 1. The van der Waals surface area contributed by atoms with Crippen LogP contribution in [0.4, 0.5) is 0 Å². The smallest absolute Gasteiger partial charge is 0.308 e. The molecule has 0 amide bonds. The van der Waals surface area contributed by atoms with Gasteiger partial charge in [0.05, 0.1) is 26.2 Å². The van der Waals surface area contributed by atoms with Crippen molar-refractivity contribution in [3.63, 3.8) is 0 Å². The highest BCUT2D eigenvalue weighted by molar-refractivity contribution is 5.69. The first-order chi connectivity index (χ1) is 8.72. The second kappa shape index (κ2) is 5.87. The monoisotopic (exact) mass is 250 g/mol. The average molecular weight is 250 g/mol. The first-order valence-corrected chi connectivity index (χ1v) is 6.22.